The number of hydrogen-bond acceptors (Lipinski definition) is 6. The highest BCUT2D eigenvalue weighted by Gasteiger charge is 2.13. The molecule has 2 heterocycles. The van der Waals surface area contributed by atoms with E-state index in [1.165, 1.54) is 18.2 Å². The summed E-state index contributed by atoms with van der Waals surface area (Å²) in [6.45, 7) is 3.40. The van der Waals surface area contributed by atoms with E-state index in [1.54, 1.807) is 32.0 Å². The fourth-order valence-corrected chi connectivity index (χ4v) is 2.03. The van der Waals surface area contributed by atoms with Crippen LogP contribution < -0.4 is 10.6 Å². The van der Waals surface area contributed by atoms with Gasteiger partial charge in [-0.3, -0.25) is 4.79 Å². The van der Waals surface area contributed by atoms with Gasteiger partial charge in [-0.1, -0.05) is 5.16 Å². The molecule has 3 aromatic rings. The second kappa shape index (κ2) is 6.45. The number of aryl methyl sites for hydroxylation is 2. The Kier molecular flexibility index (Phi) is 4.19. The second-order valence-corrected chi connectivity index (χ2v) is 5.09. The third-order valence-corrected chi connectivity index (χ3v) is 3.06. The molecule has 8 heteroatoms. The maximum Gasteiger partial charge on any atom is 0.275 e. The standard InChI is InChI=1S/C16H14FN5O2/c1-9-7-15(22-24-9)21-16(23)13-8-14(19-10(2)18-13)20-12-5-3-11(17)4-6-12/h3-8H,1-2H3,(H,18,19,20)(H,21,22,23). The molecule has 0 fully saturated rings. The van der Waals surface area contributed by atoms with Crippen LogP contribution in [0.2, 0.25) is 0 Å². The Morgan fingerprint density at radius 2 is 1.83 bits per heavy atom. The van der Waals surface area contributed by atoms with Crippen LogP contribution in [0.1, 0.15) is 22.1 Å². The number of halogens is 1. The van der Waals surface area contributed by atoms with Gasteiger partial charge in [0.25, 0.3) is 5.91 Å². The van der Waals surface area contributed by atoms with Crippen LogP contribution in [0.3, 0.4) is 0 Å². The zero-order chi connectivity index (χ0) is 17.1. The summed E-state index contributed by atoms with van der Waals surface area (Å²) < 4.78 is 17.8. The maximum absolute atomic E-state index is 12.9. The molecule has 0 aliphatic rings. The minimum absolute atomic E-state index is 0.174. The minimum Gasteiger partial charge on any atom is -0.360 e. The number of rotatable bonds is 4. The lowest BCUT2D eigenvalue weighted by Gasteiger charge is -2.08. The highest BCUT2D eigenvalue weighted by Crippen LogP contribution is 2.17. The zero-order valence-corrected chi connectivity index (χ0v) is 13.0. The Balaban J connectivity index is 1.80. The number of nitrogens with zero attached hydrogens (tertiary/aromatic N) is 3. The van der Waals surface area contributed by atoms with Gasteiger partial charge in [0.15, 0.2) is 5.82 Å². The summed E-state index contributed by atoms with van der Waals surface area (Å²) in [5, 5.41) is 9.30. The third kappa shape index (κ3) is 3.72. The van der Waals surface area contributed by atoms with Gasteiger partial charge in [-0.25, -0.2) is 14.4 Å². The van der Waals surface area contributed by atoms with Crippen molar-refractivity contribution in [2.75, 3.05) is 10.6 Å². The average molecular weight is 327 g/mol. The molecule has 2 N–H and O–H groups in total. The lowest BCUT2D eigenvalue weighted by atomic mass is 10.3. The van der Waals surface area contributed by atoms with Gasteiger partial charge >= 0.3 is 0 Å². The molecule has 122 valence electrons. The van der Waals surface area contributed by atoms with Gasteiger partial charge in [0.2, 0.25) is 0 Å². The summed E-state index contributed by atoms with van der Waals surface area (Å²) in [4.78, 5) is 20.6. The van der Waals surface area contributed by atoms with Crippen LogP contribution in [-0.4, -0.2) is 21.0 Å². The van der Waals surface area contributed by atoms with Crippen molar-refractivity contribution in [3.8, 4) is 0 Å². The van der Waals surface area contributed by atoms with Crippen molar-refractivity contribution in [3.63, 3.8) is 0 Å². The fourth-order valence-electron chi connectivity index (χ4n) is 2.03. The highest BCUT2D eigenvalue weighted by molar-refractivity contribution is 6.02. The Hall–Kier alpha value is -3.29. The number of carbonyl (C=O) groups excluding carboxylic acids is 1. The molecule has 0 saturated heterocycles. The van der Waals surface area contributed by atoms with Crippen LogP contribution in [0.15, 0.2) is 40.9 Å². The Labute approximate surface area is 136 Å². The average Bonchev–Trinajstić information content (AvgIpc) is 2.94. The molecule has 0 radical (unpaired) electrons. The van der Waals surface area contributed by atoms with Crippen LogP contribution >= 0.6 is 0 Å². The fraction of sp³-hybridized carbons (Fsp3) is 0.125. The molecule has 0 aliphatic carbocycles. The molecule has 3 rings (SSSR count). The van der Waals surface area contributed by atoms with Crippen molar-refractivity contribution < 1.29 is 13.7 Å². The predicted molar refractivity (Wildman–Crippen MR) is 85.6 cm³/mol. The third-order valence-electron chi connectivity index (χ3n) is 3.06. The summed E-state index contributed by atoms with van der Waals surface area (Å²) in [5.41, 5.74) is 0.820. The normalized spacial score (nSPS) is 10.5. The summed E-state index contributed by atoms with van der Waals surface area (Å²) >= 11 is 0. The number of aromatic nitrogens is 3. The van der Waals surface area contributed by atoms with Crippen LogP contribution in [-0.2, 0) is 0 Å². The van der Waals surface area contributed by atoms with Crippen molar-refractivity contribution in [2.24, 2.45) is 0 Å². The van der Waals surface area contributed by atoms with E-state index < -0.39 is 5.91 Å². The van der Waals surface area contributed by atoms with Crippen LogP contribution in [0.4, 0.5) is 21.7 Å². The first-order chi connectivity index (χ1) is 11.5. The van der Waals surface area contributed by atoms with Crippen LogP contribution in [0.25, 0.3) is 0 Å². The number of nitrogens with one attached hydrogen (secondary N) is 2. The number of amides is 1. The van der Waals surface area contributed by atoms with Crippen molar-refractivity contribution in [1.29, 1.82) is 0 Å². The summed E-state index contributed by atoms with van der Waals surface area (Å²) in [7, 11) is 0. The van der Waals surface area contributed by atoms with Gasteiger partial charge in [0, 0.05) is 17.8 Å². The first kappa shape index (κ1) is 15.6. The van der Waals surface area contributed by atoms with Gasteiger partial charge in [-0.2, -0.15) is 0 Å². The van der Waals surface area contributed by atoms with Crippen LogP contribution in [0.5, 0.6) is 0 Å². The molecular weight excluding hydrogens is 313 g/mol. The molecule has 7 nitrogen and oxygen atoms in total. The van der Waals surface area contributed by atoms with E-state index in [9.17, 15) is 9.18 Å². The van der Waals surface area contributed by atoms with Gasteiger partial charge in [-0.05, 0) is 38.1 Å². The maximum atomic E-state index is 12.9. The van der Waals surface area contributed by atoms with Crippen molar-refractivity contribution >= 4 is 23.2 Å². The first-order valence-electron chi connectivity index (χ1n) is 7.12. The topological polar surface area (TPSA) is 92.9 Å². The van der Waals surface area contributed by atoms with Gasteiger partial charge in [-0.15, -0.1) is 0 Å². The smallest absolute Gasteiger partial charge is 0.275 e. The first-order valence-corrected chi connectivity index (χ1v) is 7.12. The molecule has 0 unspecified atom stereocenters. The monoisotopic (exact) mass is 327 g/mol. The van der Waals surface area contributed by atoms with Crippen LogP contribution in [0, 0.1) is 19.7 Å². The number of carbonyl (C=O) groups is 1. The summed E-state index contributed by atoms with van der Waals surface area (Å²) in [5.74, 6) is 0.974. The summed E-state index contributed by atoms with van der Waals surface area (Å²) in [6, 6.07) is 8.91. The molecular formula is C16H14FN5O2. The molecule has 24 heavy (non-hydrogen) atoms. The number of benzene rings is 1. The molecule has 0 atom stereocenters. The molecule has 2 aromatic heterocycles. The van der Waals surface area contributed by atoms with E-state index in [4.69, 9.17) is 4.52 Å². The Bertz CT molecular complexity index is 876. The highest BCUT2D eigenvalue weighted by atomic mass is 19.1. The molecule has 0 saturated carbocycles. The zero-order valence-electron chi connectivity index (χ0n) is 13.0. The van der Waals surface area contributed by atoms with Crippen molar-refractivity contribution in [3.05, 3.63) is 59.5 Å². The van der Waals surface area contributed by atoms with Gasteiger partial charge in [0.05, 0.1) is 0 Å². The molecule has 1 amide bonds. The van der Waals surface area contributed by atoms with E-state index in [-0.39, 0.29) is 11.5 Å². The number of hydrogen-bond donors (Lipinski definition) is 2. The molecule has 0 spiro atoms. The van der Waals surface area contributed by atoms with E-state index in [1.807, 2.05) is 0 Å². The Morgan fingerprint density at radius 3 is 2.50 bits per heavy atom. The van der Waals surface area contributed by atoms with Gasteiger partial charge < -0.3 is 15.2 Å². The van der Waals surface area contributed by atoms with E-state index >= 15 is 0 Å². The van der Waals surface area contributed by atoms with E-state index in [0.29, 0.717) is 28.9 Å². The lowest BCUT2D eigenvalue weighted by molar-refractivity contribution is 0.102. The van der Waals surface area contributed by atoms with Crippen molar-refractivity contribution in [1.82, 2.24) is 15.1 Å². The van der Waals surface area contributed by atoms with E-state index in [0.717, 1.165) is 0 Å². The SMILES string of the molecule is Cc1nc(Nc2ccc(F)cc2)cc(C(=O)Nc2cc(C)on2)n1. The molecule has 0 aliphatic heterocycles. The minimum atomic E-state index is -0.434. The predicted octanol–water partition coefficient (Wildman–Crippen LogP) is 3.22. The Morgan fingerprint density at radius 1 is 1.08 bits per heavy atom. The van der Waals surface area contributed by atoms with Crippen molar-refractivity contribution in [2.45, 2.75) is 13.8 Å². The molecule has 1 aromatic carbocycles. The lowest BCUT2D eigenvalue weighted by Crippen LogP contribution is -2.15. The summed E-state index contributed by atoms with van der Waals surface area (Å²) in [6.07, 6.45) is 0. The quantitative estimate of drug-likeness (QED) is 0.764. The second-order valence-electron chi connectivity index (χ2n) is 5.09. The van der Waals surface area contributed by atoms with Gasteiger partial charge in [0.1, 0.15) is 28.9 Å². The van der Waals surface area contributed by atoms with E-state index in [2.05, 4.69) is 25.8 Å². The number of anilines is 3. The molecule has 0 bridgehead atoms. The largest absolute Gasteiger partial charge is 0.360 e.